The first-order chi connectivity index (χ1) is 12.6. The molecule has 2 aromatic rings. The third kappa shape index (κ3) is 4.50. The van der Waals surface area contributed by atoms with Crippen LogP contribution in [0.15, 0.2) is 53.1 Å². The van der Waals surface area contributed by atoms with Gasteiger partial charge in [-0.3, -0.25) is 14.4 Å². The number of hydrogen-bond acceptors (Lipinski definition) is 4. The summed E-state index contributed by atoms with van der Waals surface area (Å²) in [5, 5.41) is 5.42. The SMILES string of the molecule is O=C(NCCNC(=O)C1CC(=O)N(Cc2ccccc2)C1)c1ccco1. The van der Waals surface area contributed by atoms with E-state index in [4.69, 9.17) is 4.42 Å². The standard InChI is InChI=1S/C19H21N3O4/c23-17-11-15(13-22(17)12-14-5-2-1-3-6-14)18(24)20-8-9-21-19(25)16-7-4-10-26-16/h1-7,10,15H,8-9,11-13H2,(H,20,24)(H,21,25). The second-order valence-corrected chi connectivity index (χ2v) is 6.19. The average molecular weight is 355 g/mol. The van der Waals surface area contributed by atoms with Crippen molar-refractivity contribution < 1.29 is 18.8 Å². The maximum atomic E-state index is 12.2. The van der Waals surface area contributed by atoms with Gasteiger partial charge in [-0.05, 0) is 17.7 Å². The Morgan fingerprint density at radius 1 is 1.08 bits per heavy atom. The largest absolute Gasteiger partial charge is 0.459 e. The smallest absolute Gasteiger partial charge is 0.287 e. The molecular weight excluding hydrogens is 334 g/mol. The monoisotopic (exact) mass is 355 g/mol. The summed E-state index contributed by atoms with van der Waals surface area (Å²) in [7, 11) is 0. The number of amides is 3. The van der Waals surface area contributed by atoms with Crippen LogP contribution in [0.4, 0.5) is 0 Å². The van der Waals surface area contributed by atoms with Gasteiger partial charge < -0.3 is 20.0 Å². The van der Waals surface area contributed by atoms with Crippen molar-refractivity contribution in [2.24, 2.45) is 5.92 Å². The molecule has 1 saturated heterocycles. The van der Waals surface area contributed by atoms with E-state index in [0.29, 0.717) is 26.2 Å². The van der Waals surface area contributed by atoms with Crippen LogP contribution in [-0.4, -0.2) is 42.3 Å². The lowest BCUT2D eigenvalue weighted by molar-refractivity contribution is -0.129. The molecule has 3 rings (SSSR count). The van der Waals surface area contributed by atoms with Crippen molar-refractivity contribution in [3.63, 3.8) is 0 Å². The van der Waals surface area contributed by atoms with E-state index in [1.807, 2.05) is 30.3 Å². The molecule has 0 aliphatic carbocycles. The van der Waals surface area contributed by atoms with E-state index in [1.165, 1.54) is 6.26 Å². The van der Waals surface area contributed by atoms with Crippen LogP contribution in [0.1, 0.15) is 22.5 Å². The molecule has 7 nitrogen and oxygen atoms in total. The highest BCUT2D eigenvalue weighted by Gasteiger charge is 2.33. The average Bonchev–Trinajstić information content (AvgIpc) is 3.30. The van der Waals surface area contributed by atoms with Gasteiger partial charge in [0, 0.05) is 32.6 Å². The van der Waals surface area contributed by atoms with E-state index in [-0.39, 0.29) is 35.8 Å². The Kier molecular flexibility index (Phi) is 5.68. The second kappa shape index (κ2) is 8.33. The predicted octanol–water partition coefficient (Wildman–Crippen LogP) is 1.17. The Balaban J connectivity index is 1.40. The molecule has 7 heteroatoms. The Morgan fingerprint density at radius 2 is 1.85 bits per heavy atom. The fraction of sp³-hybridized carbons (Fsp3) is 0.316. The summed E-state index contributed by atoms with van der Waals surface area (Å²) >= 11 is 0. The molecule has 1 aliphatic rings. The number of benzene rings is 1. The van der Waals surface area contributed by atoms with Crippen LogP contribution >= 0.6 is 0 Å². The summed E-state index contributed by atoms with van der Waals surface area (Å²) in [6.45, 7) is 1.52. The summed E-state index contributed by atoms with van der Waals surface area (Å²) in [5.74, 6) is -0.628. The van der Waals surface area contributed by atoms with Crippen molar-refractivity contribution in [2.45, 2.75) is 13.0 Å². The van der Waals surface area contributed by atoms with E-state index in [0.717, 1.165) is 5.56 Å². The number of furan rings is 1. The summed E-state index contributed by atoms with van der Waals surface area (Å²) in [6, 6.07) is 12.9. The van der Waals surface area contributed by atoms with E-state index in [9.17, 15) is 14.4 Å². The van der Waals surface area contributed by atoms with Gasteiger partial charge in [-0.15, -0.1) is 0 Å². The second-order valence-electron chi connectivity index (χ2n) is 6.19. The maximum absolute atomic E-state index is 12.2. The van der Waals surface area contributed by atoms with Gasteiger partial charge in [0.2, 0.25) is 11.8 Å². The predicted molar refractivity (Wildman–Crippen MR) is 94.0 cm³/mol. The summed E-state index contributed by atoms with van der Waals surface area (Å²) in [4.78, 5) is 37.8. The van der Waals surface area contributed by atoms with Crippen LogP contribution in [0.5, 0.6) is 0 Å². The van der Waals surface area contributed by atoms with Crippen molar-refractivity contribution in [1.29, 1.82) is 0 Å². The zero-order valence-corrected chi connectivity index (χ0v) is 14.3. The summed E-state index contributed by atoms with van der Waals surface area (Å²) in [6.07, 6.45) is 1.65. The first-order valence-electron chi connectivity index (χ1n) is 8.54. The van der Waals surface area contributed by atoms with Crippen molar-refractivity contribution >= 4 is 17.7 Å². The molecular formula is C19H21N3O4. The zero-order chi connectivity index (χ0) is 18.4. The lowest BCUT2D eigenvalue weighted by Crippen LogP contribution is -2.38. The van der Waals surface area contributed by atoms with Gasteiger partial charge in [-0.1, -0.05) is 30.3 Å². The molecule has 1 aromatic heterocycles. The van der Waals surface area contributed by atoms with E-state index in [1.54, 1.807) is 17.0 Å². The minimum atomic E-state index is -0.355. The molecule has 3 amide bonds. The van der Waals surface area contributed by atoms with Crippen LogP contribution in [-0.2, 0) is 16.1 Å². The quantitative estimate of drug-likeness (QED) is 0.730. The molecule has 2 heterocycles. The molecule has 26 heavy (non-hydrogen) atoms. The fourth-order valence-electron chi connectivity index (χ4n) is 2.91. The number of carbonyl (C=O) groups excluding carboxylic acids is 3. The van der Waals surface area contributed by atoms with E-state index >= 15 is 0 Å². The van der Waals surface area contributed by atoms with Crippen molar-refractivity contribution in [3.8, 4) is 0 Å². The zero-order valence-electron chi connectivity index (χ0n) is 14.3. The lowest BCUT2D eigenvalue weighted by Gasteiger charge is -2.16. The van der Waals surface area contributed by atoms with Gasteiger partial charge in [0.25, 0.3) is 5.91 Å². The Hall–Kier alpha value is -3.09. The molecule has 0 saturated carbocycles. The molecule has 136 valence electrons. The van der Waals surface area contributed by atoms with Crippen LogP contribution in [0, 0.1) is 5.92 Å². The van der Waals surface area contributed by atoms with Gasteiger partial charge in [0.1, 0.15) is 0 Å². The van der Waals surface area contributed by atoms with Crippen LogP contribution in [0.3, 0.4) is 0 Å². The summed E-state index contributed by atoms with van der Waals surface area (Å²) < 4.78 is 4.98. The summed E-state index contributed by atoms with van der Waals surface area (Å²) in [5.41, 5.74) is 1.04. The van der Waals surface area contributed by atoms with Gasteiger partial charge in [0.05, 0.1) is 12.2 Å². The van der Waals surface area contributed by atoms with Crippen LogP contribution in [0.2, 0.25) is 0 Å². The molecule has 0 spiro atoms. The Morgan fingerprint density at radius 3 is 2.58 bits per heavy atom. The fourth-order valence-corrected chi connectivity index (χ4v) is 2.91. The first kappa shape index (κ1) is 17.7. The molecule has 1 aliphatic heterocycles. The lowest BCUT2D eigenvalue weighted by atomic mass is 10.1. The van der Waals surface area contributed by atoms with Crippen LogP contribution in [0.25, 0.3) is 0 Å². The first-order valence-corrected chi connectivity index (χ1v) is 8.54. The number of rotatable bonds is 7. The third-order valence-corrected chi connectivity index (χ3v) is 4.26. The van der Waals surface area contributed by atoms with Gasteiger partial charge in [-0.25, -0.2) is 0 Å². The molecule has 1 fully saturated rings. The molecule has 1 unspecified atom stereocenters. The van der Waals surface area contributed by atoms with Gasteiger partial charge in [-0.2, -0.15) is 0 Å². The molecule has 2 N–H and O–H groups in total. The maximum Gasteiger partial charge on any atom is 0.287 e. The van der Waals surface area contributed by atoms with Crippen LogP contribution < -0.4 is 10.6 Å². The molecule has 0 radical (unpaired) electrons. The van der Waals surface area contributed by atoms with E-state index < -0.39 is 0 Å². The number of nitrogens with zero attached hydrogens (tertiary/aromatic N) is 1. The van der Waals surface area contributed by atoms with Crippen molar-refractivity contribution in [2.75, 3.05) is 19.6 Å². The highest BCUT2D eigenvalue weighted by Crippen LogP contribution is 2.20. The van der Waals surface area contributed by atoms with E-state index in [2.05, 4.69) is 10.6 Å². The Labute approximate surface area is 151 Å². The highest BCUT2D eigenvalue weighted by atomic mass is 16.3. The van der Waals surface area contributed by atoms with Crippen molar-refractivity contribution in [3.05, 3.63) is 60.1 Å². The molecule has 0 bridgehead atoms. The minimum Gasteiger partial charge on any atom is -0.459 e. The van der Waals surface area contributed by atoms with Crippen molar-refractivity contribution in [1.82, 2.24) is 15.5 Å². The highest BCUT2D eigenvalue weighted by molar-refractivity contribution is 5.91. The molecule has 1 atom stereocenters. The van der Waals surface area contributed by atoms with Gasteiger partial charge >= 0.3 is 0 Å². The molecule has 1 aromatic carbocycles. The normalized spacial score (nSPS) is 16.5. The number of likely N-dealkylation sites (tertiary alicyclic amines) is 1. The topological polar surface area (TPSA) is 91.7 Å². The van der Waals surface area contributed by atoms with Gasteiger partial charge in [0.15, 0.2) is 5.76 Å². The third-order valence-electron chi connectivity index (χ3n) is 4.26. The number of hydrogen-bond donors (Lipinski definition) is 2. The number of carbonyl (C=O) groups is 3. The Bertz CT molecular complexity index is 758. The minimum absolute atomic E-state index is 0.0138. The number of nitrogens with one attached hydrogen (secondary N) is 2.